The van der Waals surface area contributed by atoms with Gasteiger partial charge in [0, 0.05) is 75.2 Å². The van der Waals surface area contributed by atoms with E-state index in [2.05, 4.69) is 26.9 Å². The van der Waals surface area contributed by atoms with Crippen LogP contribution >= 0.6 is 0 Å². The van der Waals surface area contributed by atoms with Crippen LogP contribution in [0.4, 0.5) is 5.69 Å². The fraction of sp³-hybridized carbons (Fsp3) is 0.769. The van der Waals surface area contributed by atoms with E-state index in [-0.39, 0.29) is 44.3 Å². The Kier molecular flexibility index (Phi) is 19.4. The number of nitro benzene ring substituents is 1. The first-order valence-corrected chi connectivity index (χ1v) is 25.8. The number of aromatic nitrogens is 3. The first kappa shape index (κ1) is 58.3. The summed E-state index contributed by atoms with van der Waals surface area (Å²) in [6.45, 7) is 23.2. The van der Waals surface area contributed by atoms with Crippen molar-refractivity contribution in [2.45, 2.75) is 199 Å². The van der Waals surface area contributed by atoms with Crippen LogP contribution in [0.25, 0.3) is 0 Å². The number of ether oxygens (including phenoxy) is 8. The Bertz CT molecular complexity index is 2200. The first-order chi connectivity index (χ1) is 34.4. The zero-order valence-electron chi connectivity index (χ0n) is 44.8. The summed E-state index contributed by atoms with van der Waals surface area (Å²) in [5.41, 5.74) is -1.61. The van der Waals surface area contributed by atoms with Crippen molar-refractivity contribution in [2.75, 3.05) is 33.9 Å². The number of carbonyl (C=O) groups excluding carboxylic acids is 1. The molecule has 73 heavy (non-hydrogen) atoms. The molecule has 21 nitrogen and oxygen atoms in total. The van der Waals surface area contributed by atoms with Gasteiger partial charge in [-0.3, -0.25) is 19.6 Å². The number of fused-ring (bicyclic) bond motifs is 5. The Morgan fingerprint density at radius 3 is 2.36 bits per heavy atom. The van der Waals surface area contributed by atoms with Crippen molar-refractivity contribution in [3.63, 3.8) is 0 Å². The second-order valence-electron chi connectivity index (χ2n) is 21.8. The van der Waals surface area contributed by atoms with Gasteiger partial charge in [-0.2, -0.15) is 0 Å². The number of aliphatic hydroxyl groups is 3. The number of cyclic esters (lactones) is 1. The summed E-state index contributed by atoms with van der Waals surface area (Å²) in [5, 5.41) is 70.5. The number of aliphatic hydroxyl groups excluding tert-OH is 2. The molecule has 410 valence electrons. The number of benzene rings is 1. The molecule has 1 unspecified atom stereocenters. The number of hydrogen-bond acceptors (Lipinski definition) is 19. The molecule has 18 atom stereocenters. The molecule has 4 aliphatic rings. The van der Waals surface area contributed by atoms with Crippen molar-refractivity contribution in [1.29, 1.82) is 0 Å². The molecular formula is C52H82N6O15. The lowest BCUT2D eigenvalue weighted by atomic mass is 9.73. The lowest BCUT2D eigenvalue weighted by molar-refractivity contribution is -0.384. The Labute approximate surface area is 429 Å². The number of nitro groups is 1. The molecule has 0 spiro atoms. The molecular weight excluding hydrogens is 949 g/mol. The van der Waals surface area contributed by atoms with E-state index in [4.69, 9.17) is 37.9 Å². The van der Waals surface area contributed by atoms with Crippen LogP contribution in [0.15, 0.2) is 47.8 Å². The summed E-state index contributed by atoms with van der Waals surface area (Å²) in [7, 11) is 3.43. The summed E-state index contributed by atoms with van der Waals surface area (Å²) >= 11 is 0. The molecule has 4 aliphatic heterocycles. The number of rotatable bonds is 14. The van der Waals surface area contributed by atoms with Gasteiger partial charge in [-0.05, 0) is 85.4 Å². The summed E-state index contributed by atoms with van der Waals surface area (Å²) in [4.78, 5) is 27.5. The minimum atomic E-state index is -1.79. The van der Waals surface area contributed by atoms with Crippen LogP contribution in [0, 0.1) is 33.8 Å². The monoisotopic (exact) mass is 1030 g/mol. The zero-order chi connectivity index (χ0) is 53.7. The number of esters is 1. The predicted molar refractivity (Wildman–Crippen MR) is 267 cm³/mol. The van der Waals surface area contributed by atoms with E-state index in [1.165, 1.54) is 19.2 Å². The highest BCUT2D eigenvalue weighted by Gasteiger charge is 2.55. The molecule has 2 aromatic rings. The number of nitrogens with zero attached hydrogens (tertiary/aromatic N) is 6. The maximum absolute atomic E-state index is 14.7. The van der Waals surface area contributed by atoms with Crippen molar-refractivity contribution in [2.24, 2.45) is 28.8 Å². The molecule has 0 amide bonds. The number of aryl methyl sites for hydroxylation is 2. The van der Waals surface area contributed by atoms with E-state index < -0.39 is 113 Å². The molecule has 1 aromatic carbocycles. The van der Waals surface area contributed by atoms with Crippen molar-refractivity contribution >= 4 is 17.4 Å². The minimum Gasteiger partial charge on any atom is -0.459 e. The molecule has 1 aromatic heterocycles. The quantitative estimate of drug-likeness (QED) is 0.0636. The Morgan fingerprint density at radius 1 is 1.01 bits per heavy atom. The third kappa shape index (κ3) is 13.3. The Morgan fingerprint density at radius 2 is 1.71 bits per heavy atom. The van der Waals surface area contributed by atoms with Crippen molar-refractivity contribution in [3.05, 3.63) is 64.0 Å². The topological polar surface area (TPSA) is 261 Å². The summed E-state index contributed by atoms with van der Waals surface area (Å²) in [5.74, 6) is -3.72. The van der Waals surface area contributed by atoms with Crippen molar-refractivity contribution in [3.8, 4) is 0 Å². The molecule has 2 bridgehead atoms. The van der Waals surface area contributed by atoms with Gasteiger partial charge in [0.05, 0.1) is 77.2 Å². The van der Waals surface area contributed by atoms with E-state index >= 15 is 0 Å². The smallest absolute Gasteiger partial charge is 0.311 e. The molecule has 4 saturated heterocycles. The highest BCUT2D eigenvalue weighted by Crippen LogP contribution is 2.43. The molecule has 0 radical (unpaired) electrons. The second kappa shape index (κ2) is 24.3. The van der Waals surface area contributed by atoms with Gasteiger partial charge >= 0.3 is 5.97 Å². The molecule has 0 saturated carbocycles. The summed E-state index contributed by atoms with van der Waals surface area (Å²) in [6, 6.07) is 5.99. The van der Waals surface area contributed by atoms with Crippen LogP contribution in [-0.2, 0) is 62.1 Å². The van der Waals surface area contributed by atoms with Crippen LogP contribution in [0.5, 0.6) is 0 Å². The third-order valence-electron chi connectivity index (χ3n) is 16.0. The average molecular weight is 1030 g/mol. The van der Waals surface area contributed by atoms with Gasteiger partial charge in [0.1, 0.15) is 23.9 Å². The van der Waals surface area contributed by atoms with Crippen LogP contribution in [0.2, 0.25) is 0 Å². The normalized spacial score (nSPS) is 39.9. The summed E-state index contributed by atoms with van der Waals surface area (Å²) < 4.78 is 54.3. The Balaban J connectivity index is 1.34. The van der Waals surface area contributed by atoms with Gasteiger partial charge < -0.3 is 63.3 Å². The molecule has 0 aliphatic carbocycles. The van der Waals surface area contributed by atoms with E-state index in [1.54, 1.807) is 58.4 Å². The average Bonchev–Trinajstić information content (AvgIpc) is 3.81. The largest absolute Gasteiger partial charge is 0.459 e. The number of hydrogen-bond donors (Lipinski definition) is 4. The molecule has 21 heteroatoms. The minimum absolute atomic E-state index is 0.0107. The van der Waals surface area contributed by atoms with Gasteiger partial charge in [-0.15, -0.1) is 5.10 Å². The maximum atomic E-state index is 14.7. The van der Waals surface area contributed by atoms with Gasteiger partial charge in [-0.1, -0.05) is 56.8 Å². The lowest BCUT2D eigenvalue weighted by Gasteiger charge is -2.50. The number of oxime groups is 1. The zero-order valence-corrected chi connectivity index (χ0v) is 44.8. The van der Waals surface area contributed by atoms with Crippen LogP contribution in [0.1, 0.15) is 106 Å². The van der Waals surface area contributed by atoms with E-state index in [1.807, 2.05) is 40.9 Å². The van der Waals surface area contributed by atoms with E-state index in [9.17, 15) is 35.4 Å². The van der Waals surface area contributed by atoms with Gasteiger partial charge in [0.15, 0.2) is 12.6 Å². The van der Waals surface area contributed by atoms with Crippen molar-refractivity contribution < 1.29 is 68.1 Å². The summed E-state index contributed by atoms with van der Waals surface area (Å²) in [6.07, 6.45) is -5.74. The molecule has 4 fully saturated rings. The highest BCUT2D eigenvalue weighted by molar-refractivity contribution is 5.88. The van der Waals surface area contributed by atoms with Gasteiger partial charge in [0.25, 0.3) is 5.69 Å². The molecule has 6 rings (SSSR count). The van der Waals surface area contributed by atoms with E-state index in [0.717, 1.165) is 11.3 Å². The highest BCUT2D eigenvalue weighted by atomic mass is 16.7. The van der Waals surface area contributed by atoms with Crippen LogP contribution in [0.3, 0.4) is 0 Å². The fourth-order valence-electron chi connectivity index (χ4n) is 11.5. The number of non-ortho nitro benzene ring substituents is 1. The SMILES string of the molecule is C=C1CO[C@@H]2[C@@H](C)/C(=N/O)[C@H](C)C[C@@](C)(OC1)[C@H](O[C@@H]1O[C@H](C)C[C@H](N(C)CCc3cn(CCc4ccc([N+](=O)[O-])cc4)nn3)[C@H]1O)[C@@H](C)[C@H](OC1C[C@@](C)(OC)[C@@H](O)[C@H](C)O1)[C@@H](C)C(=O)O[C@H](CC)[C@@]2(C)O. The number of carbonyl (C=O) groups is 1. The Hall–Kier alpha value is -4.00. The number of methoxy groups -OCH3 is 1. The van der Waals surface area contributed by atoms with Gasteiger partial charge in [0.2, 0.25) is 0 Å². The molecule has 4 N–H and O–H groups in total. The van der Waals surface area contributed by atoms with Crippen LogP contribution < -0.4 is 0 Å². The van der Waals surface area contributed by atoms with E-state index in [0.29, 0.717) is 43.6 Å². The maximum Gasteiger partial charge on any atom is 0.311 e. The van der Waals surface area contributed by atoms with Crippen molar-refractivity contribution in [1.82, 2.24) is 19.9 Å². The second-order valence-corrected chi connectivity index (χ2v) is 21.8. The lowest BCUT2D eigenvalue weighted by Crippen LogP contribution is -2.62. The van der Waals surface area contributed by atoms with Gasteiger partial charge in [-0.25, -0.2) is 0 Å². The van der Waals surface area contributed by atoms with Crippen LogP contribution in [-0.4, -0.2) is 175 Å². The fourth-order valence-corrected chi connectivity index (χ4v) is 11.5. The molecule has 5 heterocycles. The first-order valence-electron chi connectivity index (χ1n) is 25.8. The number of likely N-dealkylation sites (N-methyl/N-ethyl adjacent to an activating group) is 1. The standard InChI is InChI=1S/C52H82N6O15/c1-14-40-52(11,62)47-32(5)42(54-63)30(3)24-51(10,68-28-29(2)27-67-47)46(33(6)44(34(7)48(61)71-40)72-41-25-50(9,66-13)45(60)35(8)70-41)73-49-43(59)39(23-31(4)69-49)56(12)21-20-37-26-57(55-53-37)22-19-36-15-17-38(18-16-36)58(64)65/h15-18,26,30-35,39-41,43-47,49,59-60,62-63H,2,14,19-25,27-28H2,1,3-13H3/b54-42+/t30-,31-,32+,33+,34-,35+,39+,40-,41?,43-,44+,45+,46-,47-,49+,50-,51-,52-/m1/s1. The predicted octanol–water partition coefficient (Wildman–Crippen LogP) is 5.02. The third-order valence-corrected chi connectivity index (χ3v) is 16.0.